The summed E-state index contributed by atoms with van der Waals surface area (Å²) < 4.78 is 8.32. The molecule has 0 N–H and O–H groups in total. The fourth-order valence-corrected chi connectivity index (χ4v) is 3.82. The van der Waals surface area contributed by atoms with E-state index >= 15 is 0 Å². The highest BCUT2D eigenvalue weighted by molar-refractivity contribution is 6.30. The predicted octanol–water partition coefficient (Wildman–Crippen LogP) is 5.52. The third-order valence-electron chi connectivity index (χ3n) is 5.37. The summed E-state index contributed by atoms with van der Waals surface area (Å²) in [6.45, 7) is 6.74. The van der Waals surface area contributed by atoms with Gasteiger partial charge in [0.05, 0.1) is 0 Å². The molecular formula is C25H33ClN4O. The number of ether oxygens (including phenoxy) is 1. The van der Waals surface area contributed by atoms with E-state index in [1.165, 1.54) is 5.56 Å². The number of benzene rings is 2. The van der Waals surface area contributed by atoms with Crippen molar-refractivity contribution >= 4 is 11.6 Å². The Morgan fingerprint density at radius 3 is 2.39 bits per heavy atom. The number of para-hydroxylation sites is 1. The van der Waals surface area contributed by atoms with Crippen molar-refractivity contribution in [2.45, 2.75) is 45.6 Å². The summed E-state index contributed by atoms with van der Waals surface area (Å²) in [5.74, 6) is 1.88. The Kier molecular flexibility index (Phi) is 9.07. The molecule has 6 heteroatoms. The molecule has 1 aromatic heterocycles. The number of likely N-dealkylation sites (N-methyl/N-ethyl adjacent to an activating group) is 1. The lowest BCUT2D eigenvalue weighted by molar-refractivity contribution is 0.0423. The minimum Gasteiger partial charge on any atom is -0.370 e. The molecule has 0 saturated carbocycles. The van der Waals surface area contributed by atoms with E-state index in [2.05, 4.69) is 70.0 Å². The van der Waals surface area contributed by atoms with Crippen molar-refractivity contribution in [3.8, 4) is 5.69 Å². The minimum absolute atomic E-state index is 0.0960. The quantitative estimate of drug-likeness (QED) is 0.372. The topological polar surface area (TPSA) is 43.2 Å². The van der Waals surface area contributed by atoms with Gasteiger partial charge in [0.2, 0.25) is 0 Å². The van der Waals surface area contributed by atoms with Crippen LogP contribution in [0.15, 0.2) is 54.6 Å². The second-order valence-corrected chi connectivity index (χ2v) is 8.24. The molecule has 0 radical (unpaired) electrons. The number of halogens is 1. The van der Waals surface area contributed by atoms with Crippen LogP contribution in [-0.2, 0) is 17.6 Å². The van der Waals surface area contributed by atoms with Crippen LogP contribution < -0.4 is 0 Å². The molecule has 5 nitrogen and oxygen atoms in total. The molecule has 0 aliphatic carbocycles. The third-order valence-corrected chi connectivity index (χ3v) is 5.62. The van der Waals surface area contributed by atoms with Gasteiger partial charge in [-0.05, 0) is 63.1 Å². The van der Waals surface area contributed by atoms with Crippen molar-refractivity contribution in [1.82, 2.24) is 19.7 Å². The molecule has 0 amide bonds. The van der Waals surface area contributed by atoms with Gasteiger partial charge in [-0.2, -0.15) is 0 Å². The second kappa shape index (κ2) is 12.0. The van der Waals surface area contributed by atoms with Gasteiger partial charge in [0.15, 0.2) is 5.82 Å². The zero-order valence-corrected chi connectivity index (χ0v) is 19.6. The molecule has 0 bridgehead atoms. The number of nitrogens with zero attached hydrogens (tertiary/aromatic N) is 4. The van der Waals surface area contributed by atoms with E-state index in [1.807, 2.05) is 25.1 Å². The Bertz CT molecular complexity index is 911. The van der Waals surface area contributed by atoms with E-state index in [4.69, 9.17) is 16.3 Å². The van der Waals surface area contributed by atoms with Crippen molar-refractivity contribution in [2.24, 2.45) is 0 Å². The smallest absolute Gasteiger partial charge is 0.166 e. The maximum atomic E-state index is 6.14. The zero-order chi connectivity index (χ0) is 22.1. The van der Waals surface area contributed by atoms with Crippen LogP contribution in [0.3, 0.4) is 0 Å². The third kappa shape index (κ3) is 6.63. The van der Waals surface area contributed by atoms with Crippen molar-refractivity contribution in [3.63, 3.8) is 0 Å². The number of hydrogen-bond donors (Lipinski definition) is 0. The number of rotatable bonds is 12. The van der Waals surface area contributed by atoms with Gasteiger partial charge < -0.3 is 9.64 Å². The van der Waals surface area contributed by atoms with Crippen molar-refractivity contribution in [1.29, 1.82) is 0 Å². The van der Waals surface area contributed by atoms with Crippen LogP contribution in [0.1, 0.15) is 50.0 Å². The average molecular weight is 441 g/mol. The Balaban J connectivity index is 1.69. The Morgan fingerprint density at radius 1 is 0.968 bits per heavy atom. The van der Waals surface area contributed by atoms with Gasteiger partial charge in [-0.1, -0.05) is 48.9 Å². The first-order valence-corrected chi connectivity index (χ1v) is 11.5. The van der Waals surface area contributed by atoms with Crippen LogP contribution in [0.4, 0.5) is 0 Å². The van der Waals surface area contributed by atoms with E-state index in [9.17, 15) is 0 Å². The summed E-state index contributed by atoms with van der Waals surface area (Å²) in [5, 5.41) is 9.85. The standard InChI is InChI=1S/C25H33ClN4O/c1-4-9-24-27-28-25(30(24)22-10-7-6-8-11-22)23(31-5-2)17-19-29(3)18-16-20-12-14-21(26)15-13-20/h6-8,10-15,23H,4-5,9,16-19H2,1-3H3. The maximum Gasteiger partial charge on any atom is 0.166 e. The molecular weight excluding hydrogens is 408 g/mol. The maximum absolute atomic E-state index is 6.14. The zero-order valence-electron chi connectivity index (χ0n) is 18.8. The lowest BCUT2D eigenvalue weighted by Crippen LogP contribution is -2.25. The van der Waals surface area contributed by atoms with E-state index in [-0.39, 0.29) is 6.10 Å². The van der Waals surface area contributed by atoms with Gasteiger partial charge in [0.25, 0.3) is 0 Å². The molecule has 3 rings (SSSR count). The summed E-state index contributed by atoms with van der Waals surface area (Å²) in [6, 6.07) is 18.4. The molecule has 1 unspecified atom stereocenters. The molecule has 1 atom stereocenters. The van der Waals surface area contributed by atoms with Crippen LogP contribution in [-0.4, -0.2) is 46.4 Å². The first kappa shape index (κ1) is 23.5. The van der Waals surface area contributed by atoms with Crippen molar-refractivity contribution in [3.05, 3.63) is 76.8 Å². The van der Waals surface area contributed by atoms with Gasteiger partial charge in [0, 0.05) is 36.8 Å². The molecule has 0 fully saturated rings. The first-order valence-electron chi connectivity index (χ1n) is 11.2. The molecule has 31 heavy (non-hydrogen) atoms. The van der Waals surface area contributed by atoms with Gasteiger partial charge in [-0.3, -0.25) is 4.57 Å². The van der Waals surface area contributed by atoms with E-state index in [0.29, 0.717) is 6.61 Å². The van der Waals surface area contributed by atoms with Gasteiger partial charge in [0.1, 0.15) is 11.9 Å². The largest absolute Gasteiger partial charge is 0.370 e. The first-order chi connectivity index (χ1) is 15.1. The molecule has 0 aliphatic rings. The second-order valence-electron chi connectivity index (χ2n) is 7.81. The molecule has 166 valence electrons. The Labute approximate surface area is 191 Å². The summed E-state index contributed by atoms with van der Waals surface area (Å²) in [4.78, 5) is 2.34. The van der Waals surface area contributed by atoms with Crippen LogP contribution >= 0.6 is 11.6 Å². The summed E-state index contributed by atoms with van der Waals surface area (Å²) in [7, 11) is 2.16. The SMILES string of the molecule is CCCc1nnc(C(CCN(C)CCc2ccc(Cl)cc2)OCC)n1-c1ccccc1. The van der Waals surface area contributed by atoms with Gasteiger partial charge in [-0.25, -0.2) is 0 Å². The lowest BCUT2D eigenvalue weighted by Gasteiger charge is -2.22. The molecule has 3 aromatic rings. The van der Waals surface area contributed by atoms with Crippen molar-refractivity contribution < 1.29 is 4.74 Å². The highest BCUT2D eigenvalue weighted by atomic mass is 35.5. The molecule has 0 aliphatic heterocycles. The van der Waals surface area contributed by atoms with E-state index in [1.54, 1.807) is 0 Å². The van der Waals surface area contributed by atoms with Crippen molar-refractivity contribution in [2.75, 3.05) is 26.7 Å². The van der Waals surface area contributed by atoms with Crippen LogP contribution in [0, 0.1) is 0 Å². The van der Waals surface area contributed by atoms with Crippen LogP contribution in [0.5, 0.6) is 0 Å². The normalized spacial score (nSPS) is 12.4. The summed E-state index contributed by atoms with van der Waals surface area (Å²) in [5.41, 5.74) is 2.39. The number of hydrogen-bond acceptors (Lipinski definition) is 4. The van der Waals surface area contributed by atoms with E-state index < -0.39 is 0 Å². The number of aromatic nitrogens is 3. The average Bonchev–Trinajstić information content (AvgIpc) is 3.20. The van der Waals surface area contributed by atoms with Gasteiger partial charge in [-0.15, -0.1) is 10.2 Å². The van der Waals surface area contributed by atoms with Crippen LogP contribution in [0.2, 0.25) is 5.02 Å². The highest BCUT2D eigenvalue weighted by Gasteiger charge is 2.23. The Morgan fingerprint density at radius 2 is 1.71 bits per heavy atom. The highest BCUT2D eigenvalue weighted by Crippen LogP contribution is 2.25. The Hall–Kier alpha value is -2.21. The fourth-order valence-electron chi connectivity index (χ4n) is 3.69. The fraction of sp³-hybridized carbons (Fsp3) is 0.440. The monoisotopic (exact) mass is 440 g/mol. The molecule has 1 heterocycles. The predicted molar refractivity (Wildman–Crippen MR) is 127 cm³/mol. The molecule has 0 saturated heterocycles. The minimum atomic E-state index is -0.0960. The van der Waals surface area contributed by atoms with E-state index in [0.717, 1.165) is 61.1 Å². The lowest BCUT2D eigenvalue weighted by atomic mass is 10.1. The van der Waals surface area contributed by atoms with Crippen LogP contribution in [0.25, 0.3) is 5.69 Å². The molecule has 2 aromatic carbocycles. The number of aryl methyl sites for hydroxylation is 1. The summed E-state index contributed by atoms with van der Waals surface area (Å²) in [6.07, 6.45) is 3.68. The van der Waals surface area contributed by atoms with Gasteiger partial charge >= 0.3 is 0 Å². The summed E-state index contributed by atoms with van der Waals surface area (Å²) >= 11 is 5.99. The molecule has 0 spiro atoms.